The van der Waals surface area contributed by atoms with E-state index in [1.54, 1.807) is 30.3 Å². The summed E-state index contributed by atoms with van der Waals surface area (Å²) in [5.41, 5.74) is 0.695. The van der Waals surface area contributed by atoms with E-state index < -0.39 is 41.9 Å². The first-order valence-corrected chi connectivity index (χ1v) is 9.10. The normalized spacial score (nSPS) is 16.5. The second-order valence-electron chi connectivity index (χ2n) is 6.42. The first-order chi connectivity index (χ1) is 14.4. The Hall–Kier alpha value is -3.43. The van der Waals surface area contributed by atoms with Crippen LogP contribution in [0.15, 0.2) is 35.4 Å². The molecule has 162 valence electrons. The lowest BCUT2D eigenvalue weighted by Crippen LogP contribution is -2.40. The molecule has 10 heteroatoms. The Kier molecular flexibility index (Phi) is 7.90. The molecule has 0 fully saturated rings. The summed E-state index contributed by atoms with van der Waals surface area (Å²) in [6.07, 6.45) is -0.140. The van der Waals surface area contributed by atoms with Gasteiger partial charge in [0.2, 0.25) is 0 Å². The number of hydrogen-bond donors (Lipinski definition) is 0. The largest absolute Gasteiger partial charge is 0.468 e. The molecule has 1 aromatic carbocycles. The molecule has 0 N–H and O–H groups in total. The van der Waals surface area contributed by atoms with E-state index >= 15 is 0 Å². The van der Waals surface area contributed by atoms with Crippen LogP contribution in [0, 0.1) is 5.92 Å². The molecule has 30 heavy (non-hydrogen) atoms. The third-order valence-electron chi connectivity index (χ3n) is 4.77. The highest BCUT2D eigenvalue weighted by atomic mass is 16.5. The standard InChI is InChI=1S/C20H24N2O8/c1-27-17(23)13(18(24)28-2)10-15(12-8-6-5-7-9-12)22-16(20(26)30-4)11-14(21-22)19(25)29-3/h5-9,13,15-16H,10-11H2,1-4H3/t15-,16-/m1/s1. The van der Waals surface area contributed by atoms with E-state index in [-0.39, 0.29) is 18.6 Å². The molecule has 0 saturated carbocycles. The highest BCUT2D eigenvalue weighted by Gasteiger charge is 2.43. The van der Waals surface area contributed by atoms with Gasteiger partial charge in [-0.1, -0.05) is 30.3 Å². The summed E-state index contributed by atoms with van der Waals surface area (Å²) in [7, 11) is 4.76. The number of esters is 4. The van der Waals surface area contributed by atoms with Crippen LogP contribution in [0.4, 0.5) is 0 Å². The minimum Gasteiger partial charge on any atom is -0.468 e. The molecule has 0 bridgehead atoms. The second kappa shape index (κ2) is 10.4. The summed E-state index contributed by atoms with van der Waals surface area (Å²) in [4.78, 5) is 48.9. The SMILES string of the molecule is COC(=O)C1=NN([C@H](CC(C(=O)OC)C(=O)OC)c2ccccc2)[C@@H](C(=O)OC)C1. The van der Waals surface area contributed by atoms with E-state index in [0.717, 1.165) is 14.2 Å². The van der Waals surface area contributed by atoms with Crippen LogP contribution in [0.3, 0.4) is 0 Å². The van der Waals surface area contributed by atoms with Crippen LogP contribution in [-0.2, 0) is 38.1 Å². The van der Waals surface area contributed by atoms with Gasteiger partial charge in [-0.05, 0) is 12.0 Å². The molecule has 2 atom stereocenters. The van der Waals surface area contributed by atoms with E-state index in [2.05, 4.69) is 5.10 Å². The molecular weight excluding hydrogens is 396 g/mol. The first-order valence-electron chi connectivity index (χ1n) is 9.10. The maximum absolute atomic E-state index is 12.4. The maximum atomic E-state index is 12.4. The molecule has 2 rings (SSSR count). The van der Waals surface area contributed by atoms with Crippen LogP contribution < -0.4 is 0 Å². The Morgan fingerprint density at radius 3 is 2.07 bits per heavy atom. The number of ether oxygens (including phenoxy) is 4. The molecular formula is C20H24N2O8. The van der Waals surface area contributed by atoms with Crippen LogP contribution in [0.5, 0.6) is 0 Å². The van der Waals surface area contributed by atoms with E-state index in [1.807, 2.05) is 0 Å². The number of hydrogen-bond acceptors (Lipinski definition) is 10. The molecule has 0 radical (unpaired) electrons. The van der Waals surface area contributed by atoms with Crippen molar-refractivity contribution in [1.29, 1.82) is 0 Å². The van der Waals surface area contributed by atoms with Crippen molar-refractivity contribution in [3.05, 3.63) is 35.9 Å². The number of carbonyl (C=O) groups excluding carboxylic acids is 4. The van der Waals surface area contributed by atoms with Crippen molar-refractivity contribution in [3.8, 4) is 0 Å². The third-order valence-corrected chi connectivity index (χ3v) is 4.77. The Bertz CT molecular complexity index is 807. The van der Waals surface area contributed by atoms with Crippen LogP contribution in [0.1, 0.15) is 24.4 Å². The van der Waals surface area contributed by atoms with Gasteiger partial charge in [0.1, 0.15) is 5.71 Å². The van der Waals surface area contributed by atoms with Gasteiger partial charge in [-0.15, -0.1) is 0 Å². The first kappa shape index (κ1) is 22.9. The Balaban J connectivity index is 2.52. The topological polar surface area (TPSA) is 121 Å². The third kappa shape index (κ3) is 4.94. The molecule has 1 heterocycles. The summed E-state index contributed by atoms with van der Waals surface area (Å²) in [5, 5.41) is 5.65. The van der Waals surface area contributed by atoms with Crippen molar-refractivity contribution in [2.45, 2.75) is 24.9 Å². The number of rotatable bonds is 8. The molecule has 1 aliphatic heterocycles. The Labute approximate surface area is 173 Å². The lowest BCUT2D eigenvalue weighted by atomic mass is 9.93. The molecule has 1 aliphatic rings. The van der Waals surface area contributed by atoms with Crippen LogP contribution in [-0.4, -0.2) is 69.1 Å². The van der Waals surface area contributed by atoms with Gasteiger partial charge in [0, 0.05) is 6.42 Å². The summed E-state index contributed by atoms with van der Waals surface area (Å²) >= 11 is 0. The zero-order valence-corrected chi connectivity index (χ0v) is 17.2. The van der Waals surface area contributed by atoms with Gasteiger partial charge >= 0.3 is 23.9 Å². The molecule has 0 unspecified atom stereocenters. The van der Waals surface area contributed by atoms with Gasteiger partial charge in [-0.25, -0.2) is 9.59 Å². The second-order valence-corrected chi connectivity index (χ2v) is 6.42. The van der Waals surface area contributed by atoms with Crippen molar-refractivity contribution in [2.75, 3.05) is 28.4 Å². The quantitative estimate of drug-likeness (QED) is 0.342. The van der Waals surface area contributed by atoms with Gasteiger partial charge in [0.25, 0.3) is 0 Å². The fourth-order valence-electron chi connectivity index (χ4n) is 3.25. The van der Waals surface area contributed by atoms with Gasteiger partial charge in [0.05, 0.1) is 34.5 Å². The number of carbonyl (C=O) groups is 4. The Morgan fingerprint density at radius 1 is 0.967 bits per heavy atom. The molecule has 0 aliphatic carbocycles. The van der Waals surface area contributed by atoms with Gasteiger partial charge < -0.3 is 18.9 Å². The minimum absolute atomic E-state index is 0.0292. The van der Waals surface area contributed by atoms with Gasteiger partial charge in [0.15, 0.2) is 12.0 Å². The molecule has 0 aromatic heterocycles. The monoisotopic (exact) mass is 420 g/mol. The number of hydrazone groups is 1. The average molecular weight is 420 g/mol. The molecule has 0 amide bonds. The van der Waals surface area contributed by atoms with E-state index in [9.17, 15) is 19.2 Å². The summed E-state index contributed by atoms with van der Waals surface area (Å²) < 4.78 is 19.1. The number of benzene rings is 1. The summed E-state index contributed by atoms with van der Waals surface area (Å²) in [6.45, 7) is 0. The highest BCUT2D eigenvalue weighted by Crippen LogP contribution is 2.35. The van der Waals surface area contributed by atoms with Crippen molar-refractivity contribution in [1.82, 2.24) is 5.01 Å². The van der Waals surface area contributed by atoms with E-state index in [4.69, 9.17) is 18.9 Å². The van der Waals surface area contributed by atoms with Crippen molar-refractivity contribution < 1.29 is 38.1 Å². The lowest BCUT2D eigenvalue weighted by Gasteiger charge is -2.32. The zero-order chi connectivity index (χ0) is 22.3. The molecule has 0 spiro atoms. The van der Waals surface area contributed by atoms with Gasteiger partial charge in [-0.2, -0.15) is 5.10 Å². The summed E-state index contributed by atoms with van der Waals surface area (Å²) in [5.74, 6) is -4.13. The van der Waals surface area contributed by atoms with Crippen molar-refractivity contribution >= 4 is 29.6 Å². The minimum atomic E-state index is -1.26. The molecule has 1 aromatic rings. The van der Waals surface area contributed by atoms with Crippen LogP contribution >= 0.6 is 0 Å². The zero-order valence-electron chi connectivity index (χ0n) is 17.2. The van der Waals surface area contributed by atoms with E-state index in [1.165, 1.54) is 19.2 Å². The fraction of sp³-hybridized carbons (Fsp3) is 0.450. The molecule has 0 saturated heterocycles. The van der Waals surface area contributed by atoms with Crippen molar-refractivity contribution in [3.63, 3.8) is 0 Å². The smallest absolute Gasteiger partial charge is 0.354 e. The lowest BCUT2D eigenvalue weighted by molar-refractivity contribution is -0.160. The van der Waals surface area contributed by atoms with Crippen LogP contribution in [0.2, 0.25) is 0 Å². The Morgan fingerprint density at radius 2 is 1.57 bits per heavy atom. The van der Waals surface area contributed by atoms with Gasteiger partial charge in [-0.3, -0.25) is 14.6 Å². The molecule has 10 nitrogen and oxygen atoms in total. The number of methoxy groups -OCH3 is 4. The predicted octanol–water partition coefficient (Wildman–Crippen LogP) is 0.856. The fourth-order valence-corrected chi connectivity index (χ4v) is 3.25. The predicted molar refractivity (Wildman–Crippen MR) is 103 cm³/mol. The average Bonchev–Trinajstić information content (AvgIpc) is 3.23. The maximum Gasteiger partial charge on any atom is 0.354 e. The number of nitrogens with zero attached hydrogens (tertiary/aromatic N) is 2. The van der Waals surface area contributed by atoms with Crippen molar-refractivity contribution in [2.24, 2.45) is 11.0 Å². The van der Waals surface area contributed by atoms with Crippen LogP contribution in [0.25, 0.3) is 0 Å². The summed E-state index contributed by atoms with van der Waals surface area (Å²) in [6, 6.07) is 7.17. The van der Waals surface area contributed by atoms with E-state index in [0.29, 0.717) is 5.56 Å². The highest BCUT2D eigenvalue weighted by molar-refractivity contribution is 6.37.